The minimum Gasteiger partial charge on any atom is -0.458 e. The first-order valence-corrected chi connectivity index (χ1v) is 23.6. The lowest BCUT2D eigenvalue weighted by Crippen LogP contribution is -2.82. The van der Waals surface area contributed by atoms with Gasteiger partial charge in [0.2, 0.25) is 0 Å². The third-order valence-electron chi connectivity index (χ3n) is 14.9. The average Bonchev–Trinajstić information content (AvgIpc) is 3.36. The molecular formula is C54H54N4O15. The summed E-state index contributed by atoms with van der Waals surface area (Å²) in [4.78, 5) is 103. The summed E-state index contributed by atoms with van der Waals surface area (Å²) in [7, 11) is 0. The quantitative estimate of drug-likeness (QED) is 0.0320. The maximum atomic E-state index is 16.3. The molecule has 380 valence electrons. The molecule has 73 heavy (non-hydrogen) atoms. The van der Waals surface area contributed by atoms with Crippen LogP contribution in [0.15, 0.2) is 132 Å². The monoisotopic (exact) mass is 998 g/mol. The highest BCUT2D eigenvalue weighted by atomic mass is 16.6. The zero-order valence-corrected chi connectivity index (χ0v) is 40.8. The lowest BCUT2D eigenvalue weighted by atomic mass is 9.44. The molecule has 2 bridgehead atoms. The summed E-state index contributed by atoms with van der Waals surface area (Å²) in [6, 6.07) is 28.2. The molecule has 0 aromatic heterocycles. The van der Waals surface area contributed by atoms with Crippen LogP contribution < -0.4 is 5.32 Å². The number of fused-ring (bicyclic) bond motifs is 5. The standard InChI is InChI=1S/C54H54N4O15/c1-29-37(70-50(66)42(61)41(32-17-10-7-11-18-32)56-47(63)33-19-12-8-13-20-33)27-54(67)46(72-48(64)34-21-14-9-15-22-34)44-52(6,45(62)43(69-30(2)59)40(29)51(54,4)5)38(26-39-53(44,28-68-39)73-31(3)60)71-49(65)35-23-16-24-36(25-35)57-58-55/h7-25,37-39,41-44,46,61,67H,26-28H2,1-6H3,(H,56,63)/t37-,38-,39+,41-,42+,43+,44-,46-,52+,53-,54+/m0/s1. The molecule has 0 radical (unpaired) electrons. The Labute approximate surface area is 419 Å². The molecule has 8 rings (SSSR count). The zero-order valence-electron chi connectivity index (χ0n) is 40.8. The molecule has 4 aliphatic rings. The van der Waals surface area contributed by atoms with Gasteiger partial charge in [-0.15, -0.1) is 0 Å². The number of esters is 5. The molecule has 3 aliphatic carbocycles. The maximum Gasteiger partial charge on any atom is 0.338 e. The van der Waals surface area contributed by atoms with Gasteiger partial charge < -0.3 is 44.0 Å². The maximum absolute atomic E-state index is 16.3. The second kappa shape index (κ2) is 20.1. The Morgan fingerprint density at radius 2 is 1.40 bits per heavy atom. The molecule has 4 aromatic carbocycles. The molecule has 1 amide bonds. The van der Waals surface area contributed by atoms with E-state index in [2.05, 4.69) is 15.3 Å². The Morgan fingerprint density at radius 1 is 0.795 bits per heavy atom. The van der Waals surface area contributed by atoms with Gasteiger partial charge in [-0.25, -0.2) is 14.4 Å². The number of carbonyl (C=O) groups excluding carboxylic acids is 7. The van der Waals surface area contributed by atoms with E-state index in [1.54, 1.807) is 78.9 Å². The van der Waals surface area contributed by atoms with E-state index < -0.39 is 125 Å². The van der Waals surface area contributed by atoms with Gasteiger partial charge in [-0.05, 0) is 72.5 Å². The van der Waals surface area contributed by atoms with Gasteiger partial charge in [-0.1, -0.05) is 97.8 Å². The number of aliphatic hydroxyl groups is 2. The predicted molar refractivity (Wildman–Crippen MR) is 256 cm³/mol. The topological polar surface area (TPSA) is 276 Å². The molecule has 0 unspecified atom stereocenters. The van der Waals surface area contributed by atoms with Gasteiger partial charge in [-0.2, -0.15) is 0 Å². The smallest absolute Gasteiger partial charge is 0.338 e. The van der Waals surface area contributed by atoms with E-state index in [1.807, 2.05) is 0 Å². The summed E-state index contributed by atoms with van der Waals surface area (Å²) in [5.74, 6) is -8.34. The van der Waals surface area contributed by atoms with Crippen LogP contribution in [0.2, 0.25) is 0 Å². The highest BCUT2D eigenvalue weighted by Crippen LogP contribution is 2.65. The van der Waals surface area contributed by atoms with Crippen molar-refractivity contribution in [3.05, 3.63) is 159 Å². The van der Waals surface area contributed by atoms with Crippen molar-refractivity contribution >= 4 is 47.2 Å². The van der Waals surface area contributed by atoms with Crippen molar-refractivity contribution in [2.45, 2.75) is 108 Å². The number of amides is 1. The number of ether oxygens (including phenoxy) is 6. The van der Waals surface area contributed by atoms with Gasteiger partial charge in [0.15, 0.2) is 23.6 Å². The van der Waals surface area contributed by atoms with Crippen LogP contribution in [-0.2, 0) is 47.6 Å². The number of carbonyl (C=O) groups is 7. The van der Waals surface area contributed by atoms with E-state index in [4.69, 9.17) is 34.0 Å². The molecule has 1 saturated heterocycles. The largest absolute Gasteiger partial charge is 0.458 e. The second-order valence-electron chi connectivity index (χ2n) is 19.5. The summed E-state index contributed by atoms with van der Waals surface area (Å²) in [6.45, 7) is 7.72. The minimum atomic E-state index is -2.52. The summed E-state index contributed by atoms with van der Waals surface area (Å²) < 4.78 is 37.3. The van der Waals surface area contributed by atoms with Crippen molar-refractivity contribution in [2.75, 3.05) is 6.61 Å². The van der Waals surface area contributed by atoms with Crippen LogP contribution in [0, 0.1) is 16.7 Å². The molecule has 3 fully saturated rings. The number of nitrogens with zero attached hydrogens (tertiary/aromatic N) is 3. The van der Waals surface area contributed by atoms with E-state index in [1.165, 1.54) is 64.1 Å². The van der Waals surface area contributed by atoms with Gasteiger partial charge in [0.1, 0.15) is 30.0 Å². The fraction of sp³-hybridized carbons (Fsp3) is 0.389. The van der Waals surface area contributed by atoms with Crippen LogP contribution in [0.4, 0.5) is 5.69 Å². The summed E-state index contributed by atoms with van der Waals surface area (Å²) in [6.07, 6.45) is -11.3. The highest BCUT2D eigenvalue weighted by molar-refractivity contribution is 5.97. The summed E-state index contributed by atoms with van der Waals surface area (Å²) in [5.41, 5.74) is 1.27. The van der Waals surface area contributed by atoms with E-state index in [9.17, 15) is 39.0 Å². The summed E-state index contributed by atoms with van der Waals surface area (Å²) in [5, 5.41) is 32.3. The first kappa shape index (κ1) is 51.6. The predicted octanol–water partition coefficient (Wildman–Crippen LogP) is 6.54. The number of ketones is 1. The Bertz CT molecular complexity index is 2930. The molecule has 1 heterocycles. The number of benzene rings is 4. The molecular weight excluding hydrogens is 945 g/mol. The molecule has 11 atom stereocenters. The zero-order chi connectivity index (χ0) is 52.6. The lowest BCUT2D eigenvalue weighted by Gasteiger charge is -2.67. The van der Waals surface area contributed by atoms with Crippen molar-refractivity contribution in [1.29, 1.82) is 0 Å². The minimum absolute atomic E-state index is 0.0109. The number of Topliss-reactive ketones (excluding diaryl/α,β-unsaturated/α-hetero) is 1. The fourth-order valence-electron chi connectivity index (χ4n) is 11.3. The molecule has 2 saturated carbocycles. The van der Waals surface area contributed by atoms with E-state index in [0.717, 1.165) is 13.8 Å². The normalized spacial score (nSPS) is 28.5. The van der Waals surface area contributed by atoms with Gasteiger partial charge in [0, 0.05) is 48.3 Å². The Hall–Kier alpha value is -7.70. The Morgan fingerprint density at radius 3 is 1.99 bits per heavy atom. The first-order valence-electron chi connectivity index (χ1n) is 23.6. The summed E-state index contributed by atoms with van der Waals surface area (Å²) >= 11 is 0. The lowest BCUT2D eigenvalue weighted by molar-refractivity contribution is -0.345. The molecule has 0 spiro atoms. The van der Waals surface area contributed by atoms with Crippen LogP contribution in [0.25, 0.3) is 10.4 Å². The van der Waals surface area contributed by atoms with Crippen LogP contribution in [-0.4, -0.2) is 106 Å². The van der Waals surface area contributed by atoms with Crippen LogP contribution in [0.3, 0.4) is 0 Å². The Balaban J connectivity index is 1.31. The van der Waals surface area contributed by atoms with Gasteiger partial charge in [0.05, 0.1) is 35.1 Å². The van der Waals surface area contributed by atoms with Crippen molar-refractivity contribution in [3.63, 3.8) is 0 Å². The van der Waals surface area contributed by atoms with E-state index in [0.29, 0.717) is 5.56 Å². The second-order valence-corrected chi connectivity index (χ2v) is 19.5. The molecule has 4 aromatic rings. The van der Waals surface area contributed by atoms with Crippen molar-refractivity contribution in [1.82, 2.24) is 5.32 Å². The number of rotatable bonds is 13. The molecule has 1 aliphatic heterocycles. The number of aliphatic hydroxyl groups excluding tert-OH is 1. The van der Waals surface area contributed by atoms with Crippen molar-refractivity contribution < 1.29 is 72.2 Å². The van der Waals surface area contributed by atoms with Crippen LogP contribution in [0.5, 0.6) is 0 Å². The van der Waals surface area contributed by atoms with Crippen LogP contribution >= 0.6 is 0 Å². The van der Waals surface area contributed by atoms with Gasteiger partial charge >= 0.3 is 29.8 Å². The average molecular weight is 999 g/mol. The SMILES string of the molecule is CC(=O)O[C@H]1C(=O)[C@]2(C)[C@@H](OC(=O)c3cccc(N=[N+]=[N-])c3)C[C@H]3OC[C@@]3(OC(C)=O)[C@H]2[C@H](OC(=O)c2ccccc2)[C@]2(O)C[C@H](OC(=O)[C@H](O)[C@@H](NC(=O)c3ccccc3)c3ccccc3)C(C)=C1C2(C)C. The van der Waals surface area contributed by atoms with E-state index >= 15 is 4.79 Å². The van der Waals surface area contributed by atoms with Crippen molar-refractivity contribution in [2.24, 2.45) is 21.9 Å². The first-order chi connectivity index (χ1) is 34.7. The van der Waals surface area contributed by atoms with Crippen LogP contribution in [0.1, 0.15) is 97.1 Å². The molecule has 19 nitrogen and oxygen atoms in total. The van der Waals surface area contributed by atoms with Gasteiger partial charge in [-0.3, -0.25) is 19.2 Å². The number of azide groups is 1. The number of hydrogen-bond acceptors (Lipinski definition) is 16. The van der Waals surface area contributed by atoms with E-state index in [-0.39, 0.29) is 39.9 Å². The number of nitrogens with one attached hydrogen (secondary N) is 1. The molecule has 19 heteroatoms. The Kier molecular flexibility index (Phi) is 14.2. The van der Waals surface area contributed by atoms with Crippen molar-refractivity contribution in [3.8, 4) is 0 Å². The third kappa shape index (κ3) is 9.25. The van der Waals surface area contributed by atoms with Gasteiger partial charge in [0.25, 0.3) is 5.91 Å². The number of hydrogen-bond donors (Lipinski definition) is 3. The fourth-order valence-corrected chi connectivity index (χ4v) is 11.3. The molecule has 3 N–H and O–H groups in total. The third-order valence-corrected chi connectivity index (χ3v) is 14.9. The highest BCUT2D eigenvalue weighted by Gasteiger charge is 2.79.